The molecule has 0 radical (unpaired) electrons. The van der Waals surface area contributed by atoms with Crippen LogP contribution in [0.4, 0.5) is 10.5 Å². The third kappa shape index (κ3) is 6.01. The molecule has 0 fully saturated rings. The summed E-state index contributed by atoms with van der Waals surface area (Å²) in [5, 5.41) is 15.9. The molecule has 37 heavy (non-hydrogen) atoms. The van der Waals surface area contributed by atoms with E-state index < -0.39 is 6.16 Å². The van der Waals surface area contributed by atoms with Crippen LogP contribution >= 0.6 is 11.8 Å². The lowest BCUT2D eigenvalue weighted by molar-refractivity contribution is 0.142. The van der Waals surface area contributed by atoms with E-state index in [-0.39, 0.29) is 5.88 Å². The third-order valence-electron chi connectivity index (χ3n) is 6.10. The number of hydrogen-bond donors (Lipinski definition) is 3. The Balaban J connectivity index is 1.27. The van der Waals surface area contributed by atoms with Crippen LogP contribution < -0.4 is 14.8 Å². The predicted molar refractivity (Wildman–Crippen MR) is 150 cm³/mol. The van der Waals surface area contributed by atoms with Crippen LogP contribution in [0, 0.1) is 0 Å². The topological polar surface area (TPSA) is 83.6 Å². The van der Waals surface area contributed by atoms with Crippen molar-refractivity contribution in [2.75, 3.05) is 24.2 Å². The van der Waals surface area contributed by atoms with Crippen molar-refractivity contribution >= 4 is 45.3 Å². The van der Waals surface area contributed by atoms with E-state index in [9.17, 15) is 9.90 Å². The van der Waals surface area contributed by atoms with Crippen LogP contribution in [0.25, 0.3) is 21.7 Å². The molecule has 0 atom stereocenters. The Morgan fingerprint density at radius 3 is 2.51 bits per heavy atom. The number of fused-ring (bicyclic) bond motifs is 2. The number of aryl methyl sites for hydroxylation is 1. The van der Waals surface area contributed by atoms with Crippen molar-refractivity contribution in [3.8, 4) is 11.6 Å². The molecule has 0 saturated heterocycles. The molecule has 0 amide bonds. The number of thioether (sulfide) groups is 1. The molecule has 1 aromatic heterocycles. The van der Waals surface area contributed by atoms with Crippen molar-refractivity contribution in [3.63, 3.8) is 0 Å². The molecule has 0 saturated carbocycles. The molecule has 0 unspecified atom stereocenters. The minimum absolute atomic E-state index is 0.264. The summed E-state index contributed by atoms with van der Waals surface area (Å²) in [6.07, 6.45) is -0.0216. The highest BCUT2D eigenvalue weighted by atomic mass is 32.2. The first-order valence-corrected chi connectivity index (χ1v) is 13.2. The van der Waals surface area contributed by atoms with Crippen molar-refractivity contribution in [2.24, 2.45) is 0 Å². The monoisotopic (exact) mass is 512 g/mol. The van der Waals surface area contributed by atoms with Crippen LogP contribution in [0.3, 0.4) is 0 Å². The van der Waals surface area contributed by atoms with Crippen LogP contribution in [0.15, 0.2) is 95.9 Å². The Bertz CT molecular complexity index is 1490. The minimum Gasteiger partial charge on any atom is -0.493 e. The number of para-hydroxylation sites is 1. The van der Waals surface area contributed by atoms with Crippen molar-refractivity contribution in [3.05, 3.63) is 96.6 Å². The Morgan fingerprint density at radius 1 is 0.892 bits per heavy atom. The second-order valence-corrected chi connectivity index (χ2v) is 9.71. The summed E-state index contributed by atoms with van der Waals surface area (Å²) >= 11 is 1.79. The molecule has 0 spiro atoms. The molecular formula is C30H28N2O4S. The zero-order valence-electron chi connectivity index (χ0n) is 20.3. The van der Waals surface area contributed by atoms with Crippen LogP contribution in [-0.2, 0) is 6.42 Å². The molecule has 1 heterocycles. The van der Waals surface area contributed by atoms with E-state index in [4.69, 9.17) is 9.47 Å². The number of aromatic nitrogens is 1. The van der Waals surface area contributed by atoms with Gasteiger partial charge < -0.3 is 24.9 Å². The van der Waals surface area contributed by atoms with Gasteiger partial charge in [-0.3, -0.25) is 0 Å². The first-order valence-electron chi connectivity index (χ1n) is 12.3. The molecule has 0 bridgehead atoms. The summed E-state index contributed by atoms with van der Waals surface area (Å²) in [5.41, 5.74) is 2.59. The highest BCUT2D eigenvalue weighted by Crippen LogP contribution is 2.34. The van der Waals surface area contributed by atoms with Gasteiger partial charge in [-0.05, 0) is 42.5 Å². The van der Waals surface area contributed by atoms with Gasteiger partial charge in [0.05, 0.1) is 17.8 Å². The smallest absolute Gasteiger partial charge is 0.493 e. The zero-order valence-corrected chi connectivity index (χ0v) is 21.1. The first kappa shape index (κ1) is 24.6. The van der Waals surface area contributed by atoms with Crippen LogP contribution in [-0.4, -0.2) is 35.2 Å². The summed E-state index contributed by atoms with van der Waals surface area (Å²) < 4.78 is 11.2. The highest BCUT2D eigenvalue weighted by molar-refractivity contribution is 7.99. The van der Waals surface area contributed by atoms with Gasteiger partial charge in [-0.15, -0.1) is 11.8 Å². The molecule has 0 aliphatic carbocycles. The van der Waals surface area contributed by atoms with E-state index in [1.807, 2.05) is 60.7 Å². The van der Waals surface area contributed by atoms with E-state index in [0.29, 0.717) is 19.4 Å². The number of carbonyl (C=O) groups is 1. The average Bonchev–Trinajstić information content (AvgIpc) is 3.26. The van der Waals surface area contributed by atoms with Crippen molar-refractivity contribution in [2.45, 2.75) is 17.7 Å². The Kier molecular flexibility index (Phi) is 7.81. The molecule has 188 valence electrons. The summed E-state index contributed by atoms with van der Waals surface area (Å²) in [6, 6.07) is 30.4. The maximum Gasteiger partial charge on any atom is 0.512 e. The molecule has 5 rings (SSSR count). The second kappa shape index (κ2) is 11.8. The fourth-order valence-corrected chi connectivity index (χ4v) is 5.23. The van der Waals surface area contributed by atoms with Gasteiger partial charge in [0, 0.05) is 33.5 Å². The van der Waals surface area contributed by atoms with Crippen LogP contribution in [0.1, 0.15) is 12.0 Å². The van der Waals surface area contributed by atoms with Gasteiger partial charge >= 0.3 is 6.16 Å². The fraction of sp³-hybridized carbons (Fsp3) is 0.167. The van der Waals surface area contributed by atoms with Gasteiger partial charge in [0.1, 0.15) is 5.75 Å². The Morgan fingerprint density at radius 2 is 1.65 bits per heavy atom. The van der Waals surface area contributed by atoms with Gasteiger partial charge in [0.25, 0.3) is 0 Å². The number of nitrogens with one attached hydrogen (secondary N) is 2. The lowest BCUT2D eigenvalue weighted by Crippen LogP contribution is -2.06. The zero-order chi connectivity index (χ0) is 25.5. The molecular weight excluding hydrogens is 484 g/mol. The van der Waals surface area contributed by atoms with Gasteiger partial charge in [0.15, 0.2) is 0 Å². The Labute approximate surface area is 219 Å². The van der Waals surface area contributed by atoms with Gasteiger partial charge in [0.2, 0.25) is 5.88 Å². The van der Waals surface area contributed by atoms with E-state index in [1.165, 1.54) is 4.90 Å². The van der Waals surface area contributed by atoms with E-state index in [0.717, 1.165) is 51.0 Å². The van der Waals surface area contributed by atoms with Crippen molar-refractivity contribution < 1.29 is 19.4 Å². The number of ether oxygens (including phenoxy) is 2. The van der Waals surface area contributed by atoms with E-state index in [2.05, 4.69) is 40.6 Å². The average molecular weight is 513 g/mol. The molecule has 6 nitrogen and oxygen atoms in total. The number of hydrogen-bond acceptors (Lipinski definition) is 5. The van der Waals surface area contributed by atoms with Crippen molar-refractivity contribution in [1.82, 2.24) is 4.98 Å². The summed E-state index contributed by atoms with van der Waals surface area (Å²) in [4.78, 5) is 15.8. The lowest BCUT2D eigenvalue weighted by Gasteiger charge is -2.10. The molecule has 4 aromatic carbocycles. The predicted octanol–water partition coefficient (Wildman–Crippen LogP) is 7.59. The fourth-order valence-electron chi connectivity index (χ4n) is 4.44. The number of H-pyrrole nitrogens is 1. The molecule has 3 N–H and O–H groups in total. The number of carboxylic acid groups (broad SMARTS) is 1. The maximum absolute atomic E-state index is 11.4. The van der Waals surface area contributed by atoms with Gasteiger partial charge in [-0.25, -0.2) is 4.79 Å². The molecule has 0 aliphatic rings. The number of benzene rings is 4. The summed E-state index contributed by atoms with van der Waals surface area (Å²) in [6.45, 7) is 1.27. The van der Waals surface area contributed by atoms with Gasteiger partial charge in [-0.2, -0.15) is 0 Å². The normalized spacial score (nSPS) is 11.0. The minimum atomic E-state index is -1.34. The number of rotatable bonds is 11. The largest absolute Gasteiger partial charge is 0.512 e. The molecule has 0 aliphatic heterocycles. The van der Waals surface area contributed by atoms with Crippen LogP contribution in [0.2, 0.25) is 0 Å². The second-order valence-electron chi connectivity index (χ2n) is 8.55. The lowest BCUT2D eigenvalue weighted by atomic mass is 10.1. The number of anilines is 1. The van der Waals surface area contributed by atoms with E-state index in [1.54, 1.807) is 11.8 Å². The maximum atomic E-state index is 11.4. The highest BCUT2D eigenvalue weighted by Gasteiger charge is 2.17. The van der Waals surface area contributed by atoms with Crippen molar-refractivity contribution in [1.29, 1.82) is 0 Å². The number of aromatic amines is 1. The summed E-state index contributed by atoms with van der Waals surface area (Å²) in [5.74, 6) is 2.01. The van der Waals surface area contributed by atoms with Crippen LogP contribution in [0.5, 0.6) is 11.6 Å². The SMILES string of the molecule is O=C(O)Oc1[nH]c2c(NCCSc3ccccc3)cccc2c1CCCOc1cccc2ccccc12. The standard InChI is InChI=1S/C30H28N2O4S/c33-30(34)36-29-25(15-8-19-35-27-17-6-10-21-9-4-5-13-23(21)27)24-14-7-16-26(28(24)32-29)31-18-20-37-22-11-2-1-3-12-22/h1-7,9-14,16-17,31-32H,8,15,18-20H2,(H,33,34). The Hall–Kier alpha value is -4.10. The van der Waals surface area contributed by atoms with E-state index >= 15 is 0 Å². The summed E-state index contributed by atoms with van der Waals surface area (Å²) in [7, 11) is 0. The quantitative estimate of drug-likeness (QED) is 0.0960. The molecule has 7 heteroatoms. The first-order chi connectivity index (χ1) is 18.2. The third-order valence-corrected chi connectivity index (χ3v) is 7.11. The van der Waals surface area contributed by atoms with Gasteiger partial charge in [-0.1, -0.05) is 66.7 Å². The molecule has 5 aromatic rings.